The van der Waals surface area contributed by atoms with E-state index in [4.69, 9.17) is 4.74 Å². The van der Waals surface area contributed by atoms with Crippen molar-refractivity contribution in [3.8, 4) is 5.75 Å². The van der Waals surface area contributed by atoms with Crippen LogP contribution >= 0.6 is 23.5 Å². The second-order valence-corrected chi connectivity index (χ2v) is 8.98. The molecule has 3 rings (SSSR count). The number of amides is 1. The third-order valence-electron chi connectivity index (χ3n) is 3.98. The minimum atomic E-state index is -0.142. The zero-order chi connectivity index (χ0) is 17.6. The smallest absolute Gasteiger partial charge is 0.262 e. The first-order chi connectivity index (χ1) is 12.1. The summed E-state index contributed by atoms with van der Waals surface area (Å²) in [7, 11) is 0. The molecule has 1 heterocycles. The molecule has 0 saturated carbocycles. The molecule has 2 aromatic carbocycles. The van der Waals surface area contributed by atoms with Gasteiger partial charge in [0.15, 0.2) is 6.61 Å². The third-order valence-corrected chi connectivity index (χ3v) is 7.09. The van der Waals surface area contributed by atoms with Crippen molar-refractivity contribution >= 4 is 35.1 Å². The summed E-state index contributed by atoms with van der Waals surface area (Å²) >= 11 is 3.92. The van der Waals surface area contributed by atoms with Crippen molar-refractivity contribution in [3.05, 3.63) is 59.7 Å². The van der Waals surface area contributed by atoms with Crippen molar-refractivity contribution in [2.75, 3.05) is 23.4 Å². The molecule has 0 aliphatic carbocycles. The van der Waals surface area contributed by atoms with Crippen LogP contribution in [0, 0.1) is 0 Å². The minimum Gasteiger partial charge on any atom is -0.484 e. The third kappa shape index (κ3) is 5.19. The Bertz CT molecular complexity index is 710. The highest BCUT2D eigenvalue weighted by molar-refractivity contribution is 8.19. The van der Waals surface area contributed by atoms with Crippen LogP contribution in [-0.2, 0) is 4.79 Å². The fraction of sp³-hybridized carbons (Fsp3) is 0.350. The number of carbonyl (C=O) groups is 1. The Kier molecular flexibility index (Phi) is 6.32. The lowest BCUT2D eigenvalue weighted by atomic mass is 10.0. The molecule has 0 bridgehead atoms. The second-order valence-electron chi connectivity index (χ2n) is 6.26. The normalized spacial score (nSPS) is 14.7. The summed E-state index contributed by atoms with van der Waals surface area (Å²) in [6, 6.07) is 16.0. The van der Waals surface area contributed by atoms with E-state index in [0.717, 1.165) is 5.69 Å². The van der Waals surface area contributed by atoms with E-state index in [1.807, 2.05) is 59.9 Å². The zero-order valence-electron chi connectivity index (χ0n) is 14.5. The number of anilines is 1. The van der Waals surface area contributed by atoms with E-state index in [9.17, 15) is 4.79 Å². The van der Waals surface area contributed by atoms with E-state index in [-0.39, 0.29) is 12.5 Å². The van der Waals surface area contributed by atoms with Gasteiger partial charge in [-0.25, -0.2) is 0 Å². The van der Waals surface area contributed by atoms with Crippen LogP contribution in [0.25, 0.3) is 0 Å². The molecule has 1 amide bonds. The van der Waals surface area contributed by atoms with Gasteiger partial charge in [-0.1, -0.05) is 38.1 Å². The number of thioether (sulfide) groups is 2. The van der Waals surface area contributed by atoms with E-state index in [2.05, 4.69) is 31.3 Å². The number of benzene rings is 2. The fourth-order valence-electron chi connectivity index (χ4n) is 2.61. The number of nitrogens with one attached hydrogen (secondary N) is 1. The molecular weight excluding hydrogens is 350 g/mol. The Labute approximate surface area is 157 Å². The van der Waals surface area contributed by atoms with E-state index in [0.29, 0.717) is 16.2 Å². The Morgan fingerprint density at radius 3 is 2.56 bits per heavy atom. The first kappa shape index (κ1) is 18.2. The predicted molar refractivity (Wildman–Crippen MR) is 109 cm³/mol. The summed E-state index contributed by atoms with van der Waals surface area (Å²) in [5.74, 6) is 3.44. The summed E-state index contributed by atoms with van der Waals surface area (Å²) in [6.07, 6.45) is 0. The highest BCUT2D eigenvalue weighted by Gasteiger charge is 2.18. The average molecular weight is 374 g/mol. The van der Waals surface area contributed by atoms with Crippen molar-refractivity contribution in [1.29, 1.82) is 0 Å². The van der Waals surface area contributed by atoms with Gasteiger partial charge < -0.3 is 10.1 Å². The standard InChI is InChI=1S/C20H23NO2S2/c1-14(2)15-6-8-18(9-7-15)23-13-19(22)21-17-5-3-4-16(12-17)20-24-10-11-25-20/h3-9,12,14,20H,10-11,13H2,1-2H3,(H,21,22). The summed E-state index contributed by atoms with van der Waals surface area (Å²) < 4.78 is 6.06. The Balaban J connectivity index is 1.53. The molecule has 1 aliphatic rings. The number of rotatable bonds is 6. The molecule has 132 valence electrons. The van der Waals surface area contributed by atoms with Gasteiger partial charge in [0.05, 0.1) is 4.58 Å². The van der Waals surface area contributed by atoms with Crippen LogP contribution in [-0.4, -0.2) is 24.0 Å². The van der Waals surface area contributed by atoms with Crippen LogP contribution < -0.4 is 10.1 Å². The zero-order valence-corrected chi connectivity index (χ0v) is 16.2. The molecule has 0 unspecified atom stereocenters. The van der Waals surface area contributed by atoms with Crippen molar-refractivity contribution in [1.82, 2.24) is 0 Å². The number of hydrogen-bond donors (Lipinski definition) is 1. The Morgan fingerprint density at radius 1 is 1.16 bits per heavy atom. The fourth-order valence-corrected chi connectivity index (χ4v) is 5.45. The quantitative estimate of drug-likeness (QED) is 0.745. The van der Waals surface area contributed by atoms with Gasteiger partial charge in [-0.2, -0.15) is 0 Å². The maximum absolute atomic E-state index is 12.1. The van der Waals surface area contributed by atoms with Crippen LogP contribution in [0.15, 0.2) is 48.5 Å². The molecule has 1 N–H and O–H groups in total. The molecule has 3 nitrogen and oxygen atoms in total. The molecule has 0 spiro atoms. The number of hydrogen-bond acceptors (Lipinski definition) is 4. The van der Waals surface area contributed by atoms with Crippen LogP contribution in [0.2, 0.25) is 0 Å². The lowest BCUT2D eigenvalue weighted by molar-refractivity contribution is -0.118. The maximum atomic E-state index is 12.1. The van der Waals surface area contributed by atoms with Crippen LogP contribution in [0.4, 0.5) is 5.69 Å². The van der Waals surface area contributed by atoms with Gasteiger partial charge in [-0.05, 0) is 41.3 Å². The van der Waals surface area contributed by atoms with Crippen LogP contribution in [0.3, 0.4) is 0 Å². The Morgan fingerprint density at radius 2 is 1.88 bits per heavy atom. The molecule has 0 aromatic heterocycles. The minimum absolute atomic E-state index is 0.0121. The first-order valence-electron chi connectivity index (χ1n) is 8.47. The summed E-state index contributed by atoms with van der Waals surface area (Å²) in [5, 5.41) is 2.92. The molecule has 0 radical (unpaired) electrons. The van der Waals surface area contributed by atoms with Crippen LogP contribution in [0.5, 0.6) is 5.75 Å². The summed E-state index contributed by atoms with van der Waals surface area (Å²) in [6.45, 7) is 4.32. The Hall–Kier alpha value is -1.59. The lowest BCUT2D eigenvalue weighted by Crippen LogP contribution is -2.20. The number of ether oxygens (including phenoxy) is 1. The molecule has 1 saturated heterocycles. The molecule has 1 aliphatic heterocycles. The van der Waals surface area contributed by atoms with Crippen molar-refractivity contribution in [2.24, 2.45) is 0 Å². The molecule has 5 heteroatoms. The monoisotopic (exact) mass is 373 g/mol. The molecule has 0 atom stereocenters. The van der Waals surface area contributed by atoms with E-state index in [1.54, 1.807) is 0 Å². The van der Waals surface area contributed by atoms with Crippen molar-refractivity contribution in [2.45, 2.75) is 24.3 Å². The van der Waals surface area contributed by atoms with E-state index in [1.165, 1.54) is 22.6 Å². The maximum Gasteiger partial charge on any atom is 0.262 e. The highest BCUT2D eigenvalue weighted by Crippen LogP contribution is 2.45. The molecule has 1 fully saturated rings. The van der Waals surface area contributed by atoms with Gasteiger partial charge in [0.25, 0.3) is 5.91 Å². The summed E-state index contributed by atoms with van der Waals surface area (Å²) in [5.41, 5.74) is 3.35. The SMILES string of the molecule is CC(C)c1ccc(OCC(=O)Nc2cccc(C3SCCS3)c2)cc1. The molecule has 25 heavy (non-hydrogen) atoms. The van der Waals surface area contributed by atoms with Gasteiger partial charge in [0.1, 0.15) is 5.75 Å². The van der Waals surface area contributed by atoms with E-state index >= 15 is 0 Å². The van der Waals surface area contributed by atoms with Crippen molar-refractivity contribution < 1.29 is 9.53 Å². The largest absolute Gasteiger partial charge is 0.484 e. The predicted octanol–water partition coefficient (Wildman–Crippen LogP) is 5.31. The second kappa shape index (κ2) is 8.68. The lowest BCUT2D eigenvalue weighted by Gasteiger charge is -2.12. The van der Waals surface area contributed by atoms with Crippen LogP contribution in [0.1, 0.15) is 35.5 Å². The summed E-state index contributed by atoms with van der Waals surface area (Å²) in [4.78, 5) is 12.1. The topological polar surface area (TPSA) is 38.3 Å². The highest BCUT2D eigenvalue weighted by atomic mass is 32.2. The first-order valence-corrected chi connectivity index (χ1v) is 10.6. The van der Waals surface area contributed by atoms with E-state index < -0.39 is 0 Å². The van der Waals surface area contributed by atoms with Gasteiger partial charge in [0.2, 0.25) is 0 Å². The van der Waals surface area contributed by atoms with Crippen molar-refractivity contribution in [3.63, 3.8) is 0 Å². The average Bonchev–Trinajstić information content (AvgIpc) is 3.15. The van der Waals surface area contributed by atoms with Gasteiger partial charge in [-0.3, -0.25) is 4.79 Å². The molecular formula is C20H23NO2S2. The van der Waals surface area contributed by atoms with Gasteiger partial charge >= 0.3 is 0 Å². The molecule has 2 aromatic rings. The van der Waals surface area contributed by atoms with Gasteiger partial charge in [0, 0.05) is 17.2 Å². The van der Waals surface area contributed by atoms with Gasteiger partial charge in [-0.15, -0.1) is 23.5 Å². The number of carbonyl (C=O) groups excluding carboxylic acids is 1.